The molecule has 0 spiro atoms. The zero-order chi connectivity index (χ0) is 19.1. The molecule has 0 aliphatic carbocycles. The molecular weight excluding hydrogens is 345 g/mol. The van der Waals surface area contributed by atoms with Gasteiger partial charge in [0.15, 0.2) is 0 Å². The predicted molar refractivity (Wildman–Crippen MR) is 105 cm³/mol. The molecule has 0 radical (unpaired) electrons. The lowest BCUT2D eigenvalue weighted by Gasteiger charge is -2.36. The average molecular weight is 371 g/mol. The van der Waals surface area contributed by atoms with Crippen LogP contribution in [0, 0.1) is 5.82 Å². The van der Waals surface area contributed by atoms with Crippen molar-refractivity contribution < 1.29 is 13.9 Å². The van der Waals surface area contributed by atoms with Crippen molar-refractivity contribution in [3.8, 4) is 5.75 Å². The molecule has 1 aliphatic heterocycles. The molecule has 5 nitrogen and oxygen atoms in total. The van der Waals surface area contributed by atoms with Gasteiger partial charge in [-0.05, 0) is 25.1 Å². The number of benzene rings is 2. The number of hydrogen-bond acceptors (Lipinski definition) is 4. The third-order valence-corrected chi connectivity index (χ3v) is 4.68. The average Bonchev–Trinajstić information content (AvgIpc) is 2.69. The summed E-state index contributed by atoms with van der Waals surface area (Å²) in [6.07, 6.45) is 0. The Labute approximate surface area is 159 Å². The molecule has 1 saturated heterocycles. The van der Waals surface area contributed by atoms with Crippen molar-refractivity contribution in [3.63, 3.8) is 0 Å². The third-order valence-electron chi connectivity index (χ3n) is 4.68. The van der Waals surface area contributed by atoms with Gasteiger partial charge in [0.1, 0.15) is 11.6 Å². The maximum Gasteiger partial charge on any atom is 0.234 e. The fraction of sp³-hybridized carbons (Fsp3) is 0.381. The minimum absolute atomic E-state index is 0.0820. The molecule has 1 heterocycles. The van der Waals surface area contributed by atoms with E-state index in [-0.39, 0.29) is 18.3 Å². The second-order valence-corrected chi connectivity index (χ2v) is 6.53. The zero-order valence-electron chi connectivity index (χ0n) is 15.7. The molecule has 0 aromatic heterocycles. The summed E-state index contributed by atoms with van der Waals surface area (Å²) in [7, 11) is 0. The Morgan fingerprint density at radius 1 is 1.07 bits per heavy atom. The number of amides is 1. The Bertz CT molecular complexity index is 761. The van der Waals surface area contributed by atoms with Crippen LogP contribution in [0.2, 0.25) is 0 Å². The van der Waals surface area contributed by atoms with E-state index in [0.29, 0.717) is 18.7 Å². The van der Waals surface area contributed by atoms with Gasteiger partial charge in [-0.25, -0.2) is 4.39 Å². The summed E-state index contributed by atoms with van der Waals surface area (Å²) in [5.41, 5.74) is 1.60. The van der Waals surface area contributed by atoms with Crippen LogP contribution in [0.15, 0.2) is 48.5 Å². The van der Waals surface area contributed by atoms with Crippen LogP contribution in [0.5, 0.6) is 5.75 Å². The number of piperazine rings is 1. The number of para-hydroxylation sites is 2. The highest BCUT2D eigenvalue weighted by Crippen LogP contribution is 2.28. The van der Waals surface area contributed by atoms with Gasteiger partial charge in [0.2, 0.25) is 5.91 Å². The maximum atomic E-state index is 13.6. The molecule has 0 unspecified atom stereocenters. The molecule has 1 aliphatic rings. The Kier molecular flexibility index (Phi) is 6.65. The van der Waals surface area contributed by atoms with Crippen molar-refractivity contribution in [2.45, 2.75) is 13.5 Å². The van der Waals surface area contributed by atoms with Gasteiger partial charge in [-0.2, -0.15) is 0 Å². The first-order valence-corrected chi connectivity index (χ1v) is 9.36. The third kappa shape index (κ3) is 5.20. The van der Waals surface area contributed by atoms with Crippen LogP contribution in [0.4, 0.5) is 10.1 Å². The number of nitrogens with zero attached hydrogens (tertiary/aromatic N) is 2. The van der Waals surface area contributed by atoms with Gasteiger partial charge >= 0.3 is 0 Å². The van der Waals surface area contributed by atoms with Crippen LogP contribution in [-0.2, 0) is 11.3 Å². The first kappa shape index (κ1) is 19.2. The zero-order valence-corrected chi connectivity index (χ0v) is 15.7. The van der Waals surface area contributed by atoms with E-state index in [1.807, 2.05) is 25.1 Å². The van der Waals surface area contributed by atoms with Crippen molar-refractivity contribution in [3.05, 3.63) is 59.9 Å². The number of rotatable bonds is 7. The quantitative estimate of drug-likeness (QED) is 0.813. The lowest BCUT2D eigenvalue weighted by atomic mass is 10.2. The van der Waals surface area contributed by atoms with Crippen molar-refractivity contribution in [1.82, 2.24) is 10.2 Å². The number of carbonyl (C=O) groups excluding carboxylic acids is 1. The Hall–Kier alpha value is -2.60. The predicted octanol–water partition coefficient (Wildman–Crippen LogP) is 2.66. The number of ether oxygens (including phenoxy) is 1. The molecule has 0 bridgehead atoms. The Balaban J connectivity index is 1.47. The van der Waals surface area contributed by atoms with E-state index in [0.717, 1.165) is 37.6 Å². The van der Waals surface area contributed by atoms with Crippen LogP contribution >= 0.6 is 0 Å². The van der Waals surface area contributed by atoms with Crippen LogP contribution in [-0.4, -0.2) is 50.1 Å². The summed E-state index contributed by atoms with van der Waals surface area (Å²) >= 11 is 0. The van der Waals surface area contributed by atoms with Gasteiger partial charge in [-0.15, -0.1) is 0 Å². The number of halogens is 1. The first-order valence-electron chi connectivity index (χ1n) is 9.36. The molecule has 3 rings (SSSR count). The summed E-state index contributed by atoms with van der Waals surface area (Å²) in [6, 6.07) is 14.5. The fourth-order valence-corrected chi connectivity index (χ4v) is 3.24. The molecule has 144 valence electrons. The molecule has 6 heteroatoms. The van der Waals surface area contributed by atoms with E-state index < -0.39 is 0 Å². The van der Waals surface area contributed by atoms with E-state index in [1.54, 1.807) is 18.2 Å². The van der Waals surface area contributed by atoms with E-state index >= 15 is 0 Å². The first-order chi connectivity index (χ1) is 13.2. The molecule has 0 atom stereocenters. The van der Waals surface area contributed by atoms with Crippen molar-refractivity contribution >= 4 is 11.6 Å². The summed E-state index contributed by atoms with van der Waals surface area (Å²) in [6.45, 7) is 6.44. The highest BCUT2D eigenvalue weighted by Gasteiger charge is 2.21. The molecule has 27 heavy (non-hydrogen) atoms. The molecule has 1 fully saturated rings. The van der Waals surface area contributed by atoms with Gasteiger partial charge in [-0.1, -0.05) is 30.3 Å². The largest absolute Gasteiger partial charge is 0.492 e. The molecule has 1 N–H and O–H groups in total. The number of anilines is 1. The minimum atomic E-state index is -0.292. The number of nitrogens with one attached hydrogen (secondary N) is 1. The second kappa shape index (κ2) is 9.37. The van der Waals surface area contributed by atoms with Gasteiger partial charge in [0.05, 0.1) is 18.8 Å². The van der Waals surface area contributed by atoms with Crippen molar-refractivity contribution in [1.29, 1.82) is 0 Å². The van der Waals surface area contributed by atoms with Gasteiger partial charge in [0.25, 0.3) is 0 Å². The van der Waals surface area contributed by atoms with E-state index in [9.17, 15) is 9.18 Å². The maximum absolute atomic E-state index is 13.6. The molecular formula is C21H26FN3O2. The van der Waals surface area contributed by atoms with Crippen LogP contribution < -0.4 is 15.0 Å². The van der Waals surface area contributed by atoms with Crippen LogP contribution in [0.1, 0.15) is 12.5 Å². The summed E-state index contributed by atoms with van der Waals surface area (Å²) in [4.78, 5) is 16.6. The van der Waals surface area contributed by atoms with E-state index in [2.05, 4.69) is 21.2 Å². The topological polar surface area (TPSA) is 44.8 Å². The fourth-order valence-electron chi connectivity index (χ4n) is 3.24. The van der Waals surface area contributed by atoms with Crippen molar-refractivity contribution in [2.24, 2.45) is 0 Å². The highest BCUT2D eigenvalue weighted by molar-refractivity contribution is 5.78. The van der Waals surface area contributed by atoms with Gasteiger partial charge in [0, 0.05) is 38.3 Å². The number of carbonyl (C=O) groups is 1. The molecule has 0 saturated carbocycles. The normalized spacial score (nSPS) is 14.8. The number of hydrogen-bond donors (Lipinski definition) is 1. The second-order valence-electron chi connectivity index (χ2n) is 6.53. The van der Waals surface area contributed by atoms with Gasteiger partial charge < -0.3 is 15.0 Å². The monoisotopic (exact) mass is 371 g/mol. The molecule has 2 aromatic rings. The van der Waals surface area contributed by atoms with E-state index in [1.165, 1.54) is 6.07 Å². The van der Waals surface area contributed by atoms with Crippen LogP contribution in [0.3, 0.4) is 0 Å². The Morgan fingerprint density at radius 3 is 2.52 bits per heavy atom. The van der Waals surface area contributed by atoms with E-state index in [4.69, 9.17) is 4.74 Å². The van der Waals surface area contributed by atoms with Crippen LogP contribution in [0.25, 0.3) is 0 Å². The summed E-state index contributed by atoms with van der Waals surface area (Å²) in [5.74, 6) is 0.525. The summed E-state index contributed by atoms with van der Waals surface area (Å²) in [5, 5.41) is 2.80. The Morgan fingerprint density at radius 2 is 1.78 bits per heavy atom. The molecule has 1 amide bonds. The standard InChI is InChI=1S/C21H26FN3O2/c1-2-27-20-10-6-5-9-19(20)25-13-11-24(12-14-25)16-21(26)23-15-17-7-3-4-8-18(17)22/h3-10H,2,11-16H2,1H3,(H,23,26). The highest BCUT2D eigenvalue weighted by atomic mass is 19.1. The molecule has 2 aromatic carbocycles. The van der Waals surface area contributed by atoms with Gasteiger partial charge in [-0.3, -0.25) is 9.69 Å². The minimum Gasteiger partial charge on any atom is -0.492 e. The SMILES string of the molecule is CCOc1ccccc1N1CCN(CC(=O)NCc2ccccc2F)CC1. The van der Waals surface area contributed by atoms with Crippen molar-refractivity contribution in [2.75, 3.05) is 44.2 Å². The lowest BCUT2D eigenvalue weighted by molar-refractivity contribution is -0.122. The smallest absolute Gasteiger partial charge is 0.234 e. The lowest BCUT2D eigenvalue weighted by Crippen LogP contribution is -2.49. The summed E-state index contributed by atoms with van der Waals surface area (Å²) < 4.78 is 19.3.